The SMILES string of the molecule is CCN(CC)C(=O)Oc1ccc(C)c(C)c1-c1c(OC(=O)C(C)(C)C)ccc(C)c1C. The summed E-state index contributed by atoms with van der Waals surface area (Å²) in [6, 6.07) is 7.52. The fraction of sp³-hybridized carbons (Fsp3) is 0.462. The van der Waals surface area contributed by atoms with Crippen LogP contribution < -0.4 is 9.47 Å². The predicted molar refractivity (Wildman–Crippen MR) is 125 cm³/mol. The average Bonchev–Trinajstić information content (AvgIpc) is 2.69. The minimum Gasteiger partial charge on any atom is -0.425 e. The number of hydrogen-bond acceptors (Lipinski definition) is 4. The van der Waals surface area contributed by atoms with Crippen LogP contribution in [0.3, 0.4) is 0 Å². The molecule has 0 saturated heterocycles. The Labute approximate surface area is 186 Å². The molecule has 0 aliphatic heterocycles. The molecule has 1 amide bonds. The van der Waals surface area contributed by atoms with E-state index in [1.54, 1.807) is 4.90 Å². The number of ether oxygens (including phenoxy) is 2. The maximum absolute atomic E-state index is 12.7. The number of esters is 1. The van der Waals surface area contributed by atoms with Gasteiger partial charge in [0.25, 0.3) is 0 Å². The highest BCUT2D eigenvalue weighted by molar-refractivity contribution is 5.88. The van der Waals surface area contributed by atoms with Gasteiger partial charge in [-0.3, -0.25) is 4.79 Å². The van der Waals surface area contributed by atoms with Gasteiger partial charge in [-0.15, -0.1) is 0 Å². The minimum atomic E-state index is -0.643. The Morgan fingerprint density at radius 3 is 1.58 bits per heavy atom. The second kappa shape index (κ2) is 9.54. The van der Waals surface area contributed by atoms with Gasteiger partial charge in [-0.2, -0.15) is 0 Å². The summed E-state index contributed by atoms with van der Waals surface area (Å²) in [7, 11) is 0. The number of amides is 1. The van der Waals surface area contributed by atoms with Crippen molar-refractivity contribution in [2.24, 2.45) is 5.41 Å². The van der Waals surface area contributed by atoms with Crippen LogP contribution in [0.5, 0.6) is 11.5 Å². The van der Waals surface area contributed by atoms with E-state index in [0.717, 1.165) is 33.4 Å². The fourth-order valence-electron chi connectivity index (χ4n) is 3.27. The van der Waals surface area contributed by atoms with E-state index in [4.69, 9.17) is 9.47 Å². The lowest BCUT2D eigenvalue weighted by atomic mass is 9.90. The van der Waals surface area contributed by atoms with Crippen LogP contribution in [-0.2, 0) is 4.79 Å². The Morgan fingerprint density at radius 2 is 1.19 bits per heavy atom. The Balaban J connectivity index is 2.72. The number of carbonyl (C=O) groups is 2. The second-order valence-electron chi connectivity index (χ2n) is 8.94. The molecule has 0 spiro atoms. The number of aryl methyl sites for hydroxylation is 2. The molecule has 0 bridgehead atoms. The van der Waals surface area contributed by atoms with Crippen LogP contribution in [0, 0.1) is 33.1 Å². The van der Waals surface area contributed by atoms with Crippen molar-refractivity contribution >= 4 is 12.1 Å². The number of rotatable bonds is 5. The molecule has 0 fully saturated rings. The van der Waals surface area contributed by atoms with Crippen molar-refractivity contribution in [3.63, 3.8) is 0 Å². The normalized spacial score (nSPS) is 11.3. The molecule has 0 radical (unpaired) electrons. The Kier molecular flexibility index (Phi) is 7.53. The molecule has 0 saturated carbocycles. The van der Waals surface area contributed by atoms with Crippen LogP contribution >= 0.6 is 0 Å². The van der Waals surface area contributed by atoms with Gasteiger partial charge in [0.05, 0.1) is 5.41 Å². The first kappa shape index (κ1) is 24.4. The molecule has 0 atom stereocenters. The van der Waals surface area contributed by atoms with E-state index in [0.29, 0.717) is 24.6 Å². The highest BCUT2D eigenvalue weighted by atomic mass is 16.6. The van der Waals surface area contributed by atoms with Crippen molar-refractivity contribution in [1.29, 1.82) is 0 Å². The zero-order chi connectivity index (χ0) is 23.5. The van der Waals surface area contributed by atoms with Crippen molar-refractivity contribution in [1.82, 2.24) is 4.90 Å². The summed E-state index contributed by atoms with van der Waals surface area (Å²) in [5, 5.41) is 0. The van der Waals surface area contributed by atoms with Gasteiger partial charge in [0.1, 0.15) is 11.5 Å². The summed E-state index contributed by atoms with van der Waals surface area (Å²) in [4.78, 5) is 27.0. The summed E-state index contributed by atoms with van der Waals surface area (Å²) in [6.07, 6.45) is -0.395. The van der Waals surface area contributed by atoms with Crippen LogP contribution in [0.1, 0.15) is 56.9 Å². The van der Waals surface area contributed by atoms with Gasteiger partial charge in [-0.05, 0) is 96.7 Å². The van der Waals surface area contributed by atoms with E-state index in [1.165, 1.54) is 0 Å². The van der Waals surface area contributed by atoms with Crippen molar-refractivity contribution < 1.29 is 19.1 Å². The molecule has 0 aliphatic carbocycles. The molecule has 2 aromatic carbocycles. The molecule has 168 valence electrons. The fourth-order valence-corrected chi connectivity index (χ4v) is 3.27. The predicted octanol–water partition coefficient (Wildman–Crippen LogP) is 6.38. The zero-order valence-corrected chi connectivity index (χ0v) is 20.3. The van der Waals surface area contributed by atoms with Gasteiger partial charge >= 0.3 is 12.1 Å². The van der Waals surface area contributed by atoms with Gasteiger partial charge in [0.2, 0.25) is 0 Å². The van der Waals surface area contributed by atoms with Gasteiger partial charge in [-0.1, -0.05) is 12.1 Å². The maximum atomic E-state index is 12.7. The van der Waals surface area contributed by atoms with E-state index in [-0.39, 0.29) is 5.97 Å². The summed E-state index contributed by atoms with van der Waals surface area (Å²) in [5.41, 5.74) is 4.99. The largest absolute Gasteiger partial charge is 0.425 e. The standard InChI is InChI=1S/C26H35NO4/c1-10-27(11-2)25(29)31-21-15-13-17(4)19(6)23(21)22-18(5)16(3)12-14-20(22)30-24(28)26(7,8)9/h12-15H,10-11H2,1-9H3. The second-order valence-corrected chi connectivity index (χ2v) is 8.94. The van der Waals surface area contributed by atoms with Crippen molar-refractivity contribution in [3.8, 4) is 22.6 Å². The lowest BCUT2D eigenvalue weighted by Crippen LogP contribution is -2.33. The lowest BCUT2D eigenvalue weighted by molar-refractivity contribution is -0.142. The molecular formula is C26H35NO4. The van der Waals surface area contributed by atoms with Gasteiger partial charge in [-0.25, -0.2) is 4.79 Å². The molecule has 0 N–H and O–H groups in total. The molecule has 0 unspecified atom stereocenters. The van der Waals surface area contributed by atoms with E-state index < -0.39 is 11.5 Å². The van der Waals surface area contributed by atoms with Crippen molar-refractivity contribution in [2.45, 2.75) is 62.3 Å². The first-order chi connectivity index (χ1) is 14.4. The van der Waals surface area contributed by atoms with Gasteiger partial charge in [0, 0.05) is 24.2 Å². The van der Waals surface area contributed by atoms with Crippen LogP contribution in [0.2, 0.25) is 0 Å². The van der Waals surface area contributed by atoms with E-state index in [1.807, 2.05) is 86.6 Å². The van der Waals surface area contributed by atoms with Crippen molar-refractivity contribution in [3.05, 3.63) is 46.5 Å². The molecule has 5 heteroatoms. The molecule has 0 aliphatic rings. The first-order valence-corrected chi connectivity index (χ1v) is 10.8. The number of carbonyl (C=O) groups excluding carboxylic acids is 2. The monoisotopic (exact) mass is 425 g/mol. The number of hydrogen-bond donors (Lipinski definition) is 0. The van der Waals surface area contributed by atoms with E-state index >= 15 is 0 Å². The highest BCUT2D eigenvalue weighted by Crippen LogP contribution is 2.43. The summed E-state index contributed by atoms with van der Waals surface area (Å²) in [5.74, 6) is 0.614. The summed E-state index contributed by atoms with van der Waals surface area (Å²) < 4.78 is 11.7. The molecule has 31 heavy (non-hydrogen) atoms. The third-order valence-electron chi connectivity index (χ3n) is 5.68. The lowest BCUT2D eigenvalue weighted by Gasteiger charge is -2.24. The third-order valence-corrected chi connectivity index (χ3v) is 5.68. The molecule has 0 heterocycles. The van der Waals surface area contributed by atoms with E-state index in [2.05, 4.69) is 0 Å². The highest BCUT2D eigenvalue weighted by Gasteiger charge is 2.27. The molecule has 0 aromatic heterocycles. The Bertz CT molecular complexity index is 982. The Morgan fingerprint density at radius 1 is 0.774 bits per heavy atom. The number of nitrogens with zero attached hydrogens (tertiary/aromatic N) is 1. The first-order valence-electron chi connectivity index (χ1n) is 10.8. The number of benzene rings is 2. The average molecular weight is 426 g/mol. The Hall–Kier alpha value is -2.82. The molecule has 2 rings (SSSR count). The van der Waals surface area contributed by atoms with Crippen LogP contribution in [-0.4, -0.2) is 30.1 Å². The minimum absolute atomic E-state index is 0.316. The van der Waals surface area contributed by atoms with Crippen LogP contribution in [0.4, 0.5) is 4.79 Å². The smallest absolute Gasteiger partial charge is 0.415 e. The maximum Gasteiger partial charge on any atom is 0.415 e. The summed E-state index contributed by atoms with van der Waals surface area (Å²) in [6.45, 7) is 18.5. The molecule has 5 nitrogen and oxygen atoms in total. The molecular weight excluding hydrogens is 390 g/mol. The van der Waals surface area contributed by atoms with Gasteiger partial charge in [0.15, 0.2) is 0 Å². The topological polar surface area (TPSA) is 55.8 Å². The zero-order valence-electron chi connectivity index (χ0n) is 20.3. The quantitative estimate of drug-likeness (QED) is 0.412. The molecule has 2 aromatic rings. The van der Waals surface area contributed by atoms with Crippen LogP contribution in [0.15, 0.2) is 24.3 Å². The van der Waals surface area contributed by atoms with Crippen molar-refractivity contribution in [2.75, 3.05) is 13.1 Å². The van der Waals surface area contributed by atoms with E-state index in [9.17, 15) is 9.59 Å². The van der Waals surface area contributed by atoms with Gasteiger partial charge < -0.3 is 14.4 Å². The third kappa shape index (κ3) is 5.27. The van der Waals surface area contributed by atoms with Crippen LogP contribution in [0.25, 0.3) is 11.1 Å². The summed E-state index contributed by atoms with van der Waals surface area (Å²) >= 11 is 0.